The lowest BCUT2D eigenvalue weighted by molar-refractivity contribution is -0.138. The lowest BCUT2D eigenvalue weighted by Crippen LogP contribution is -2.39. The first kappa shape index (κ1) is 19.8. The number of carbonyl (C=O) groups excluding carboxylic acids is 2. The van der Waals surface area contributed by atoms with E-state index in [1.54, 1.807) is 24.3 Å². The van der Waals surface area contributed by atoms with Crippen LogP contribution in [0.25, 0.3) is 0 Å². The molecule has 156 valence electrons. The summed E-state index contributed by atoms with van der Waals surface area (Å²) in [5.41, 5.74) is -0.305. The van der Waals surface area contributed by atoms with Crippen LogP contribution in [0.2, 0.25) is 0 Å². The number of H-pyrrole nitrogens is 1. The van der Waals surface area contributed by atoms with E-state index in [0.717, 1.165) is 4.90 Å². The van der Waals surface area contributed by atoms with Crippen molar-refractivity contribution in [3.05, 3.63) is 68.0 Å². The van der Waals surface area contributed by atoms with Crippen molar-refractivity contribution in [2.45, 2.75) is 32.1 Å². The predicted octanol–water partition coefficient (Wildman–Crippen LogP) is 0.520. The smallest absolute Gasteiger partial charge is 0.330 e. The molecule has 1 fully saturated rings. The molecule has 0 radical (unpaired) electrons. The number of hydrogen-bond donors (Lipinski definition) is 2. The molecule has 10 heteroatoms. The molecule has 1 aromatic carbocycles. The van der Waals surface area contributed by atoms with Crippen LogP contribution in [0.15, 0.2) is 40.1 Å². The number of nitrogens with zero attached hydrogens (tertiary/aromatic N) is 2. The molecule has 2 N–H and O–H groups in total. The van der Waals surface area contributed by atoms with Gasteiger partial charge in [0.25, 0.3) is 17.4 Å². The van der Waals surface area contributed by atoms with Crippen molar-refractivity contribution >= 4 is 17.8 Å². The molecule has 0 spiro atoms. The number of carboxylic acid groups (broad SMARTS) is 1. The third-order valence-corrected chi connectivity index (χ3v) is 5.50. The summed E-state index contributed by atoms with van der Waals surface area (Å²) in [4.78, 5) is 63.7. The van der Waals surface area contributed by atoms with Crippen molar-refractivity contribution in [1.82, 2.24) is 14.5 Å². The second-order valence-corrected chi connectivity index (χ2v) is 7.47. The molecule has 3 heterocycles. The van der Waals surface area contributed by atoms with Crippen molar-refractivity contribution in [3.8, 4) is 0 Å². The van der Waals surface area contributed by atoms with E-state index in [4.69, 9.17) is 4.74 Å². The highest BCUT2D eigenvalue weighted by atomic mass is 16.5. The number of nitrogens with one attached hydrogen (secondary N) is 1. The van der Waals surface area contributed by atoms with Gasteiger partial charge in [-0.3, -0.25) is 33.6 Å². The lowest BCUT2D eigenvalue weighted by atomic mass is 9.96. The Morgan fingerprint density at radius 2 is 1.80 bits per heavy atom. The Bertz CT molecular complexity index is 1130. The number of rotatable bonds is 5. The minimum absolute atomic E-state index is 0.127. The summed E-state index contributed by atoms with van der Waals surface area (Å²) in [6, 6.07) is 6.44. The third kappa shape index (κ3) is 3.35. The Balaban J connectivity index is 1.61. The standard InChI is InChI=1S/C20H19N3O7/c1-10-8-22(20(29)21-17(10)26)15-6-11(7-16(24)25)14(30-15)9-23-18(27)12-4-2-3-5-13(12)19(23)28/h2-5,8,11,14-15H,6-7,9H2,1H3,(H,24,25)(H,21,26,29)/t11-,14-,15-/m1/s1. The fraction of sp³-hybridized carbons (Fsp3) is 0.350. The van der Waals surface area contributed by atoms with E-state index < -0.39 is 47.3 Å². The topological polar surface area (TPSA) is 139 Å². The van der Waals surface area contributed by atoms with E-state index in [-0.39, 0.29) is 19.4 Å². The van der Waals surface area contributed by atoms with Gasteiger partial charge >= 0.3 is 11.7 Å². The van der Waals surface area contributed by atoms with Crippen LogP contribution in [0.5, 0.6) is 0 Å². The molecule has 2 amide bonds. The zero-order valence-corrected chi connectivity index (χ0v) is 16.0. The Morgan fingerprint density at radius 1 is 1.17 bits per heavy atom. The van der Waals surface area contributed by atoms with Crippen LogP contribution in [0.4, 0.5) is 0 Å². The number of carbonyl (C=O) groups is 3. The van der Waals surface area contributed by atoms with E-state index in [0.29, 0.717) is 16.7 Å². The van der Waals surface area contributed by atoms with Crippen molar-refractivity contribution in [3.63, 3.8) is 0 Å². The number of benzene rings is 1. The van der Waals surface area contributed by atoms with Crippen molar-refractivity contribution in [1.29, 1.82) is 0 Å². The number of imide groups is 1. The SMILES string of the molecule is Cc1cn([C@H]2C[C@H](CC(=O)O)[C@@H](CN3C(=O)c4ccccc4C3=O)O2)c(=O)[nH]c1=O. The number of aromatic amines is 1. The van der Waals surface area contributed by atoms with E-state index in [2.05, 4.69) is 4.98 Å². The van der Waals surface area contributed by atoms with Gasteiger partial charge in [0.1, 0.15) is 6.23 Å². The predicted molar refractivity (Wildman–Crippen MR) is 102 cm³/mol. The van der Waals surface area contributed by atoms with Gasteiger partial charge in [-0.1, -0.05) is 12.1 Å². The number of aryl methyl sites for hydroxylation is 1. The molecule has 2 aliphatic heterocycles. The van der Waals surface area contributed by atoms with Crippen LogP contribution >= 0.6 is 0 Å². The number of amides is 2. The number of fused-ring (bicyclic) bond motifs is 1. The first-order valence-electron chi connectivity index (χ1n) is 9.40. The zero-order chi connectivity index (χ0) is 21.6. The Labute approximate surface area is 169 Å². The number of hydrogen-bond acceptors (Lipinski definition) is 6. The molecule has 0 saturated carbocycles. The van der Waals surface area contributed by atoms with E-state index in [9.17, 15) is 29.1 Å². The highest BCUT2D eigenvalue weighted by molar-refractivity contribution is 6.21. The Kier molecular flexibility index (Phi) is 4.86. The average Bonchev–Trinajstić information content (AvgIpc) is 3.19. The minimum Gasteiger partial charge on any atom is -0.481 e. The minimum atomic E-state index is -1.05. The van der Waals surface area contributed by atoms with E-state index in [1.807, 2.05) is 0 Å². The number of carboxylic acids is 1. The summed E-state index contributed by atoms with van der Waals surface area (Å²) in [6.45, 7) is 1.41. The summed E-state index contributed by atoms with van der Waals surface area (Å²) in [6.07, 6.45) is -0.300. The molecular formula is C20H19N3O7. The number of ether oxygens (including phenoxy) is 1. The first-order valence-corrected chi connectivity index (χ1v) is 9.40. The van der Waals surface area contributed by atoms with Gasteiger partial charge in [0.15, 0.2) is 0 Å². The Morgan fingerprint density at radius 3 is 2.40 bits per heavy atom. The van der Waals surface area contributed by atoms with Gasteiger partial charge in [0.05, 0.1) is 30.2 Å². The van der Waals surface area contributed by atoms with Gasteiger partial charge in [-0.15, -0.1) is 0 Å². The lowest BCUT2D eigenvalue weighted by Gasteiger charge is -2.23. The van der Waals surface area contributed by atoms with Crippen LogP contribution in [-0.2, 0) is 9.53 Å². The second-order valence-electron chi connectivity index (χ2n) is 7.47. The summed E-state index contributed by atoms with van der Waals surface area (Å²) < 4.78 is 7.13. The van der Waals surface area contributed by atoms with Crippen molar-refractivity contribution in [2.75, 3.05) is 6.54 Å². The van der Waals surface area contributed by atoms with Gasteiger partial charge in [-0.05, 0) is 25.5 Å². The molecule has 3 atom stereocenters. The third-order valence-electron chi connectivity index (χ3n) is 5.50. The molecule has 1 aromatic heterocycles. The molecule has 30 heavy (non-hydrogen) atoms. The fourth-order valence-electron chi connectivity index (χ4n) is 3.97. The highest BCUT2D eigenvalue weighted by Crippen LogP contribution is 2.36. The maximum absolute atomic E-state index is 12.6. The molecule has 2 aromatic rings. The van der Waals surface area contributed by atoms with Crippen molar-refractivity contribution in [2.24, 2.45) is 5.92 Å². The number of aliphatic carboxylic acids is 1. The summed E-state index contributed by atoms with van der Waals surface area (Å²) >= 11 is 0. The van der Waals surface area contributed by atoms with Gasteiger partial charge in [-0.2, -0.15) is 0 Å². The highest BCUT2D eigenvalue weighted by Gasteiger charge is 2.43. The van der Waals surface area contributed by atoms with Gasteiger partial charge in [-0.25, -0.2) is 4.79 Å². The monoisotopic (exact) mass is 413 g/mol. The molecule has 2 aliphatic rings. The van der Waals surface area contributed by atoms with E-state index >= 15 is 0 Å². The van der Waals surface area contributed by atoms with Crippen LogP contribution in [-0.4, -0.2) is 50.0 Å². The summed E-state index contributed by atoms with van der Waals surface area (Å²) in [5.74, 6) is -2.51. The molecule has 0 unspecified atom stereocenters. The molecular weight excluding hydrogens is 394 g/mol. The molecule has 0 aliphatic carbocycles. The fourth-order valence-corrected chi connectivity index (χ4v) is 3.97. The largest absolute Gasteiger partial charge is 0.481 e. The van der Waals surface area contributed by atoms with Crippen molar-refractivity contribution < 1.29 is 24.2 Å². The van der Waals surface area contributed by atoms with Gasteiger partial charge in [0.2, 0.25) is 0 Å². The zero-order valence-electron chi connectivity index (χ0n) is 16.0. The molecule has 10 nitrogen and oxygen atoms in total. The maximum atomic E-state index is 12.6. The molecule has 4 rings (SSSR count). The molecule has 1 saturated heterocycles. The maximum Gasteiger partial charge on any atom is 0.330 e. The van der Waals surface area contributed by atoms with Crippen LogP contribution in [0.1, 0.15) is 45.3 Å². The Hall–Kier alpha value is -3.53. The van der Waals surface area contributed by atoms with Crippen LogP contribution in [0.3, 0.4) is 0 Å². The van der Waals surface area contributed by atoms with Crippen LogP contribution < -0.4 is 11.2 Å². The average molecular weight is 413 g/mol. The first-order chi connectivity index (χ1) is 14.3. The summed E-state index contributed by atoms with van der Waals surface area (Å²) in [5, 5.41) is 9.27. The van der Waals surface area contributed by atoms with Gasteiger partial charge < -0.3 is 9.84 Å². The normalized spacial score (nSPS) is 23.1. The summed E-state index contributed by atoms with van der Waals surface area (Å²) in [7, 11) is 0. The molecule has 0 bridgehead atoms. The second kappa shape index (κ2) is 7.38. The van der Waals surface area contributed by atoms with Gasteiger partial charge in [0, 0.05) is 17.7 Å². The number of aromatic nitrogens is 2. The quantitative estimate of drug-likeness (QED) is 0.681. The van der Waals surface area contributed by atoms with E-state index in [1.165, 1.54) is 17.7 Å². The van der Waals surface area contributed by atoms with Crippen LogP contribution in [0, 0.1) is 12.8 Å².